The van der Waals surface area contributed by atoms with Crippen molar-refractivity contribution in [1.82, 2.24) is 9.55 Å². The van der Waals surface area contributed by atoms with Gasteiger partial charge in [-0.25, -0.2) is 4.98 Å². The molecule has 0 aliphatic heterocycles. The van der Waals surface area contributed by atoms with Crippen LogP contribution in [-0.2, 0) is 6.54 Å². The van der Waals surface area contributed by atoms with Crippen molar-refractivity contribution in [3.63, 3.8) is 0 Å². The van der Waals surface area contributed by atoms with Gasteiger partial charge in [0.05, 0.1) is 11.0 Å². The summed E-state index contributed by atoms with van der Waals surface area (Å²) in [7, 11) is 0. The molecule has 0 amide bonds. The predicted octanol–water partition coefficient (Wildman–Crippen LogP) is 3.11. The molecular weight excluding hydrogens is 262 g/mol. The Bertz CT molecular complexity index is 676. The summed E-state index contributed by atoms with van der Waals surface area (Å²) in [5, 5.41) is 10.1. The van der Waals surface area contributed by atoms with Crippen LogP contribution in [0.25, 0.3) is 11.0 Å². The fraction of sp³-hybridized carbons (Fsp3) is 0.588. The first-order chi connectivity index (χ1) is 10.1. The number of nitrogens with two attached hydrogens (primary N) is 1. The SMILES string of the molecule is CC(O)c1nc2cc(N)ccc2n1CC1CC2CCC1C2. The smallest absolute Gasteiger partial charge is 0.138 e. The molecule has 4 unspecified atom stereocenters. The van der Waals surface area contributed by atoms with Gasteiger partial charge in [-0.2, -0.15) is 0 Å². The fourth-order valence-corrected chi connectivity index (χ4v) is 4.51. The second-order valence-corrected chi connectivity index (χ2v) is 6.94. The van der Waals surface area contributed by atoms with Gasteiger partial charge in [-0.1, -0.05) is 6.42 Å². The Kier molecular flexibility index (Phi) is 2.96. The van der Waals surface area contributed by atoms with Gasteiger partial charge in [0.25, 0.3) is 0 Å². The van der Waals surface area contributed by atoms with E-state index in [0.29, 0.717) is 0 Å². The molecular formula is C17H23N3O. The lowest BCUT2D eigenvalue weighted by atomic mass is 9.88. The summed E-state index contributed by atoms with van der Waals surface area (Å²) in [6, 6.07) is 5.86. The van der Waals surface area contributed by atoms with E-state index >= 15 is 0 Å². The Balaban J connectivity index is 1.73. The molecule has 4 heteroatoms. The van der Waals surface area contributed by atoms with E-state index in [9.17, 15) is 5.11 Å². The van der Waals surface area contributed by atoms with E-state index in [2.05, 4.69) is 9.55 Å². The van der Waals surface area contributed by atoms with Gasteiger partial charge in [-0.15, -0.1) is 0 Å². The van der Waals surface area contributed by atoms with E-state index in [1.807, 2.05) is 18.2 Å². The van der Waals surface area contributed by atoms with Crippen molar-refractivity contribution in [1.29, 1.82) is 0 Å². The van der Waals surface area contributed by atoms with Crippen molar-refractivity contribution >= 4 is 16.7 Å². The van der Waals surface area contributed by atoms with Gasteiger partial charge in [-0.3, -0.25) is 0 Å². The van der Waals surface area contributed by atoms with E-state index in [-0.39, 0.29) is 0 Å². The maximum absolute atomic E-state index is 10.1. The number of fused-ring (bicyclic) bond motifs is 3. The lowest BCUT2D eigenvalue weighted by Gasteiger charge is -2.23. The van der Waals surface area contributed by atoms with Crippen LogP contribution < -0.4 is 5.73 Å². The highest BCUT2D eigenvalue weighted by Crippen LogP contribution is 2.49. The molecule has 4 nitrogen and oxygen atoms in total. The molecule has 1 aromatic heterocycles. The molecule has 2 aromatic rings. The second-order valence-electron chi connectivity index (χ2n) is 6.94. The maximum Gasteiger partial charge on any atom is 0.138 e. The van der Waals surface area contributed by atoms with Crippen molar-refractivity contribution in [2.75, 3.05) is 5.73 Å². The first kappa shape index (κ1) is 13.1. The molecule has 0 radical (unpaired) electrons. The number of nitrogen functional groups attached to an aromatic ring is 1. The normalized spacial score (nSPS) is 29.3. The molecule has 2 saturated carbocycles. The number of imidazole rings is 1. The van der Waals surface area contributed by atoms with E-state index in [4.69, 9.17) is 5.73 Å². The first-order valence-electron chi connectivity index (χ1n) is 8.05. The standard InChI is InChI=1S/C17H23N3O/c1-10(21)17-19-15-8-14(18)4-5-16(15)20(17)9-13-7-11-2-3-12(13)6-11/h4-5,8,10-13,21H,2-3,6-7,9,18H2,1H3. The van der Waals surface area contributed by atoms with E-state index in [1.54, 1.807) is 6.92 Å². The third-order valence-electron chi connectivity index (χ3n) is 5.48. The number of hydrogen-bond donors (Lipinski definition) is 2. The molecule has 112 valence electrons. The number of benzene rings is 1. The summed E-state index contributed by atoms with van der Waals surface area (Å²) in [5.41, 5.74) is 8.58. The van der Waals surface area contributed by atoms with Gasteiger partial charge < -0.3 is 15.4 Å². The van der Waals surface area contributed by atoms with Gasteiger partial charge in [0.15, 0.2) is 0 Å². The molecule has 3 N–H and O–H groups in total. The van der Waals surface area contributed by atoms with Gasteiger partial charge in [0.2, 0.25) is 0 Å². The highest BCUT2D eigenvalue weighted by atomic mass is 16.3. The minimum atomic E-state index is -0.544. The van der Waals surface area contributed by atoms with Crippen LogP contribution in [0.15, 0.2) is 18.2 Å². The lowest BCUT2D eigenvalue weighted by molar-refractivity contribution is 0.179. The molecule has 2 aliphatic rings. The van der Waals surface area contributed by atoms with E-state index in [0.717, 1.165) is 46.8 Å². The summed E-state index contributed by atoms with van der Waals surface area (Å²) in [4.78, 5) is 4.61. The largest absolute Gasteiger partial charge is 0.399 e. The summed E-state index contributed by atoms with van der Waals surface area (Å²) < 4.78 is 2.23. The van der Waals surface area contributed by atoms with Crippen molar-refractivity contribution in [3.8, 4) is 0 Å². The monoisotopic (exact) mass is 285 g/mol. The maximum atomic E-state index is 10.1. The zero-order valence-corrected chi connectivity index (χ0v) is 12.5. The van der Waals surface area contributed by atoms with Crippen LogP contribution in [0.2, 0.25) is 0 Å². The average Bonchev–Trinajstić information content (AvgIpc) is 3.12. The number of aliphatic hydroxyl groups excluding tert-OH is 1. The minimum absolute atomic E-state index is 0.544. The molecule has 4 rings (SSSR count). The van der Waals surface area contributed by atoms with Crippen molar-refractivity contribution < 1.29 is 5.11 Å². The second kappa shape index (κ2) is 4.73. The summed E-state index contributed by atoms with van der Waals surface area (Å²) in [6.45, 7) is 2.78. The predicted molar refractivity (Wildman–Crippen MR) is 83.7 cm³/mol. The summed E-state index contributed by atoms with van der Waals surface area (Å²) in [6.07, 6.45) is 5.02. The highest BCUT2D eigenvalue weighted by molar-refractivity contribution is 5.79. The zero-order valence-electron chi connectivity index (χ0n) is 12.5. The summed E-state index contributed by atoms with van der Waals surface area (Å²) >= 11 is 0. The Morgan fingerprint density at radius 1 is 1.38 bits per heavy atom. The van der Waals surface area contributed by atoms with Crippen LogP contribution in [-0.4, -0.2) is 14.7 Å². The zero-order chi connectivity index (χ0) is 14.6. The van der Waals surface area contributed by atoms with Crippen LogP contribution in [0.5, 0.6) is 0 Å². The minimum Gasteiger partial charge on any atom is -0.399 e. The third kappa shape index (κ3) is 2.13. The van der Waals surface area contributed by atoms with Gasteiger partial charge >= 0.3 is 0 Å². The average molecular weight is 285 g/mol. The molecule has 1 heterocycles. The van der Waals surface area contributed by atoms with Crippen LogP contribution in [0.1, 0.15) is 44.5 Å². The Hall–Kier alpha value is -1.55. The summed E-state index contributed by atoms with van der Waals surface area (Å²) in [5.74, 6) is 3.35. The number of anilines is 1. The van der Waals surface area contributed by atoms with Crippen molar-refractivity contribution in [2.24, 2.45) is 17.8 Å². The number of hydrogen-bond acceptors (Lipinski definition) is 3. The Morgan fingerprint density at radius 2 is 2.24 bits per heavy atom. The molecule has 2 bridgehead atoms. The van der Waals surface area contributed by atoms with E-state index < -0.39 is 6.10 Å². The van der Waals surface area contributed by atoms with E-state index in [1.165, 1.54) is 25.7 Å². The highest BCUT2D eigenvalue weighted by Gasteiger charge is 2.39. The third-order valence-corrected chi connectivity index (χ3v) is 5.48. The van der Waals surface area contributed by atoms with Crippen LogP contribution in [0.4, 0.5) is 5.69 Å². The number of aliphatic hydroxyl groups is 1. The van der Waals surface area contributed by atoms with Crippen molar-refractivity contribution in [3.05, 3.63) is 24.0 Å². The molecule has 0 saturated heterocycles. The van der Waals surface area contributed by atoms with Gasteiger partial charge in [-0.05, 0) is 62.1 Å². The number of aromatic nitrogens is 2. The first-order valence-corrected chi connectivity index (χ1v) is 8.05. The lowest BCUT2D eigenvalue weighted by Crippen LogP contribution is -2.19. The molecule has 2 aliphatic carbocycles. The quantitative estimate of drug-likeness (QED) is 0.852. The fourth-order valence-electron chi connectivity index (χ4n) is 4.51. The van der Waals surface area contributed by atoms with Crippen LogP contribution in [0.3, 0.4) is 0 Å². The van der Waals surface area contributed by atoms with Gasteiger partial charge in [0.1, 0.15) is 11.9 Å². The van der Waals surface area contributed by atoms with Crippen LogP contribution >= 0.6 is 0 Å². The molecule has 2 fully saturated rings. The van der Waals surface area contributed by atoms with Gasteiger partial charge in [0, 0.05) is 12.2 Å². The molecule has 21 heavy (non-hydrogen) atoms. The Labute approximate surface area is 125 Å². The number of nitrogens with zero attached hydrogens (tertiary/aromatic N) is 2. The Morgan fingerprint density at radius 3 is 2.90 bits per heavy atom. The van der Waals surface area contributed by atoms with Crippen molar-refractivity contribution in [2.45, 2.75) is 45.3 Å². The molecule has 4 atom stereocenters. The van der Waals surface area contributed by atoms with Crippen LogP contribution in [0, 0.1) is 17.8 Å². The number of rotatable bonds is 3. The molecule has 0 spiro atoms. The topological polar surface area (TPSA) is 64.1 Å². The molecule has 1 aromatic carbocycles.